The van der Waals surface area contributed by atoms with Crippen LogP contribution in [0.4, 0.5) is 0 Å². The van der Waals surface area contributed by atoms with E-state index in [1.54, 1.807) is 0 Å². The Morgan fingerprint density at radius 2 is 0.880 bits per heavy atom. The first kappa shape index (κ1) is 67.9. The molecule has 1 heterocycles. The fourth-order valence-electron chi connectivity index (χ4n) is 7.44. The van der Waals surface area contributed by atoms with Gasteiger partial charge in [0, 0.05) is 19.3 Å². The molecule has 0 spiro atoms. The van der Waals surface area contributed by atoms with E-state index in [4.69, 9.17) is 23.7 Å². The van der Waals surface area contributed by atoms with Crippen LogP contribution in [0.5, 0.6) is 0 Å². The Kier molecular flexibility index (Phi) is 45.0. The topological polar surface area (TPSA) is 175 Å². The second-order valence-corrected chi connectivity index (χ2v) is 18.4. The summed E-state index contributed by atoms with van der Waals surface area (Å²) in [5.41, 5.74) is 0. The average Bonchev–Trinajstić information content (AvgIpc) is 3.39. The number of ether oxygens (including phenoxy) is 5. The van der Waals surface area contributed by atoms with Crippen LogP contribution >= 0.6 is 0 Å². The molecule has 0 aromatic rings. The molecule has 0 bridgehead atoms. The van der Waals surface area contributed by atoms with Crippen LogP contribution in [0.2, 0.25) is 0 Å². The second-order valence-electron chi connectivity index (χ2n) is 18.4. The fourth-order valence-corrected chi connectivity index (χ4v) is 7.44. The summed E-state index contributed by atoms with van der Waals surface area (Å²) in [4.78, 5) is 51.0. The zero-order valence-corrected chi connectivity index (χ0v) is 46.0. The summed E-state index contributed by atoms with van der Waals surface area (Å²) in [7, 11) is 0. The molecule has 0 saturated carbocycles. The van der Waals surface area contributed by atoms with E-state index in [1.807, 2.05) is 30.4 Å². The molecule has 0 aromatic carbocycles. The second kappa shape index (κ2) is 49.7. The Morgan fingerprint density at radius 1 is 0.453 bits per heavy atom. The van der Waals surface area contributed by atoms with Gasteiger partial charge in [-0.25, -0.2) is 4.79 Å². The van der Waals surface area contributed by atoms with E-state index < -0.39 is 67.3 Å². The number of aliphatic carboxylic acids is 1. The average molecular weight is 1050 g/mol. The van der Waals surface area contributed by atoms with Gasteiger partial charge in [-0.2, -0.15) is 0 Å². The Bertz CT molecular complexity index is 1810. The van der Waals surface area contributed by atoms with E-state index in [9.17, 15) is 34.5 Å². The highest BCUT2D eigenvalue weighted by Crippen LogP contribution is 2.26. The first-order valence-electron chi connectivity index (χ1n) is 28.2. The lowest BCUT2D eigenvalue weighted by molar-refractivity contribution is -0.301. The largest absolute Gasteiger partial charge is 0.479 e. The molecule has 12 heteroatoms. The van der Waals surface area contributed by atoms with E-state index in [0.29, 0.717) is 32.1 Å². The number of rotatable bonds is 45. The summed E-state index contributed by atoms with van der Waals surface area (Å²) in [6.07, 6.45) is 57.3. The van der Waals surface area contributed by atoms with Gasteiger partial charge >= 0.3 is 23.9 Å². The van der Waals surface area contributed by atoms with E-state index in [-0.39, 0.29) is 25.9 Å². The molecule has 1 rings (SSSR count). The van der Waals surface area contributed by atoms with Crippen LogP contribution < -0.4 is 0 Å². The van der Waals surface area contributed by atoms with Crippen molar-refractivity contribution in [1.29, 1.82) is 0 Å². The number of aliphatic hydroxyl groups is 2. The number of hydrogen-bond donors (Lipinski definition) is 3. The molecule has 1 fully saturated rings. The number of allylic oxidation sites excluding steroid dienone is 22. The van der Waals surface area contributed by atoms with Crippen molar-refractivity contribution in [2.75, 3.05) is 13.2 Å². The zero-order chi connectivity index (χ0) is 54.7. The van der Waals surface area contributed by atoms with Crippen molar-refractivity contribution >= 4 is 23.9 Å². The van der Waals surface area contributed by atoms with Gasteiger partial charge in [0.15, 0.2) is 24.6 Å². The monoisotopic (exact) mass is 1040 g/mol. The molecule has 75 heavy (non-hydrogen) atoms. The number of unbranched alkanes of at least 4 members (excludes halogenated alkanes) is 9. The smallest absolute Gasteiger partial charge is 0.335 e. The van der Waals surface area contributed by atoms with Crippen LogP contribution in [0.25, 0.3) is 0 Å². The molecule has 3 N–H and O–H groups in total. The van der Waals surface area contributed by atoms with Gasteiger partial charge in [-0.15, -0.1) is 0 Å². The highest BCUT2D eigenvalue weighted by Gasteiger charge is 2.50. The summed E-state index contributed by atoms with van der Waals surface area (Å²) < 4.78 is 28.2. The normalized spacial score (nSPS) is 19.2. The molecular formula is C63H96O12. The summed E-state index contributed by atoms with van der Waals surface area (Å²) in [6, 6.07) is 0. The van der Waals surface area contributed by atoms with E-state index >= 15 is 0 Å². The van der Waals surface area contributed by atoms with Crippen LogP contribution in [-0.4, -0.2) is 89.2 Å². The third kappa shape index (κ3) is 39.9. The van der Waals surface area contributed by atoms with Gasteiger partial charge in [-0.1, -0.05) is 187 Å². The standard InChI is InChI=1S/C63H96O12/c1-4-7-10-13-16-19-22-25-27-28-30-32-34-37-40-43-46-49-55(64)71-52-54(73-56(65)50-47-44-41-38-36-33-29-26-23-20-17-14-11-8-5-2)53-72-63-61(59(68)58(67)60(75-63)62(69)70)74-57(66)51-48-45-42-39-35-31-24-21-18-15-12-9-6-3/h7,9-10,12,16-21,25-27,29-32,35,37,40,42,45,54,58-61,63,67-68H,4-6,8,11,13-15,22-24,28,33-34,36,38-39,41,43-44,46-53H2,1-3H3,(H,69,70)/b10-7-,12-9-,19-16-,20-17-,21-18-,27-25-,29-26-,32-30-,35-31-,40-37-,45-42-. The molecule has 1 aliphatic heterocycles. The molecule has 0 radical (unpaired) electrons. The third-order valence-electron chi connectivity index (χ3n) is 11.7. The van der Waals surface area contributed by atoms with Crippen molar-refractivity contribution < 1.29 is 58.2 Å². The van der Waals surface area contributed by atoms with Gasteiger partial charge in [0.25, 0.3) is 0 Å². The molecule has 12 nitrogen and oxygen atoms in total. The highest BCUT2D eigenvalue weighted by molar-refractivity contribution is 5.74. The van der Waals surface area contributed by atoms with Crippen LogP contribution in [0, 0.1) is 0 Å². The predicted molar refractivity (Wildman–Crippen MR) is 303 cm³/mol. The van der Waals surface area contributed by atoms with Gasteiger partial charge in [0.1, 0.15) is 18.8 Å². The minimum Gasteiger partial charge on any atom is -0.479 e. The van der Waals surface area contributed by atoms with Crippen LogP contribution in [0.1, 0.15) is 188 Å². The predicted octanol–water partition coefficient (Wildman–Crippen LogP) is 14.2. The van der Waals surface area contributed by atoms with Crippen molar-refractivity contribution in [2.45, 2.75) is 225 Å². The lowest BCUT2D eigenvalue weighted by Crippen LogP contribution is -2.61. The number of carboxylic acid groups (broad SMARTS) is 1. The van der Waals surface area contributed by atoms with Crippen molar-refractivity contribution in [3.8, 4) is 0 Å². The minimum absolute atomic E-state index is 0.0753. The van der Waals surface area contributed by atoms with Gasteiger partial charge < -0.3 is 39.0 Å². The van der Waals surface area contributed by atoms with Gasteiger partial charge in [0.05, 0.1) is 6.61 Å². The van der Waals surface area contributed by atoms with Crippen LogP contribution in [0.3, 0.4) is 0 Å². The Hall–Kier alpha value is -5.14. The number of carbonyl (C=O) groups is 4. The highest BCUT2D eigenvalue weighted by atomic mass is 16.7. The molecule has 1 saturated heterocycles. The zero-order valence-electron chi connectivity index (χ0n) is 46.0. The number of aliphatic hydroxyl groups excluding tert-OH is 2. The third-order valence-corrected chi connectivity index (χ3v) is 11.7. The number of carbonyl (C=O) groups excluding carboxylic acids is 3. The van der Waals surface area contributed by atoms with Gasteiger partial charge in [0.2, 0.25) is 0 Å². The maximum absolute atomic E-state index is 13.1. The van der Waals surface area contributed by atoms with Crippen molar-refractivity contribution in [3.63, 3.8) is 0 Å². The lowest BCUT2D eigenvalue weighted by Gasteiger charge is -2.40. The maximum Gasteiger partial charge on any atom is 0.335 e. The molecular weight excluding hydrogens is 949 g/mol. The van der Waals surface area contributed by atoms with Crippen LogP contribution in [0.15, 0.2) is 134 Å². The first-order valence-corrected chi connectivity index (χ1v) is 28.2. The first-order chi connectivity index (χ1) is 36.6. The molecule has 0 aromatic heterocycles. The Morgan fingerprint density at radius 3 is 1.37 bits per heavy atom. The number of carboxylic acids is 1. The van der Waals surface area contributed by atoms with Gasteiger partial charge in [-0.05, 0) is 116 Å². The van der Waals surface area contributed by atoms with E-state index in [1.165, 1.54) is 19.3 Å². The Labute approximate surface area is 451 Å². The van der Waals surface area contributed by atoms with Crippen LogP contribution in [-0.2, 0) is 42.9 Å². The molecule has 6 unspecified atom stereocenters. The molecule has 6 atom stereocenters. The Balaban J connectivity index is 2.80. The lowest BCUT2D eigenvalue weighted by atomic mass is 9.98. The van der Waals surface area contributed by atoms with E-state index in [0.717, 1.165) is 96.3 Å². The number of hydrogen-bond acceptors (Lipinski definition) is 11. The summed E-state index contributed by atoms with van der Waals surface area (Å²) in [5, 5.41) is 31.4. The number of esters is 3. The fraction of sp³-hybridized carbons (Fsp3) is 0.587. The molecule has 420 valence electrons. The van der Waals surface area contributed by atoms with Gasteiger partial charge in [-0.3, -0.25) is 14.4 Å². The summed E-state index contributed by atoms with van der Waals surface area (Å²) in [6.45, 7) is 5.61. The SMILES string of the molecule is CC/C=C\C/C=C\C/C=C\C/C=C\C/C=C\CCCC(=O)OCC(COC1OC(C(=O)O)C(O)C(O)C1OC(=O)CC/C=C\C/C=C\C/C=C\C/C=C\CC)OC(=O)CCCCCCC/C=C\C/C=C\CCCCC. The summed E-state index contributed by atoms with van der Waals surface area (Å²) in [5.74, 6) is -3.35. The van der Waals surface area contributed by atoms with Crippen molar-refractivity contribution in [3.05, 3.63) is 134 Å². The summed E-state index contributed by atoms with van der Waals surface area (Å²) >= 11 is 0. The van der Waals surface area contributed by atoms with Crippen molar-refractivity contribution in [2.24, 2.45) is 0 Å². The molecule has 0 amide bonds. The molecule has 1 aliphatic rings. The van der Waals surface area contributed by atoms with Crippen molar-refractivity contribution in [1.82, 2.24) is 0 Å². The quantitative estimate of drug-likeness (QED) is 0.0228. The molecule has 0 aliphatic carbocycles. The maximum atomic E-state index is 13.1. The minimum atomic E-state index is -1.94. The van der Waals surface area contributed by atoms with E-state index in [2.05, 4.69) is 124 Å².